The van der Waals surface area contributed by atoms with Crippen molar-refractivity contribution in [1.82, 2.24) is 0 Å². The summed E-state index contributed by atoms with van der Waals surface area (Å²) in [5, 5.41) is 22.2. The lowest BCUT2D eigenvalue weighted by Gasteiger charge is -2.46. The van der Waals surface area contributed by atoms with E-state index in [2.05, 4.69) is 34.6 Å². The Morgan fingerprint density at radius 1 is 1.03 bits per heavy atom. The van der Waals surface area contributed by atoms with Crippen molar-refractivity contribution in [2.24, 2.45) is 10.8 Å². The van der Waals surface area contributed by atoms with Crippen LogP contribution in [0.4, 0.5) is 0 Å². The van der Waals surface area contributed by atoms with Crippen LogP contribution in [0, 0.1) is 10.8 Å². The van der Waals surface area contributed by atoms with Gasteiger partial charge in [0.05, 0.1) is 13.2 Å². The number of aliphatic hydroxyl groups is 2. The molecule has 2 aliphatic heterocycles. The minimum atomic E-state index is -1.38. The summed E-state index contributed by atoms with van der Waals surface area (Å²) in [6.07, 6.45) is 4.59. The highest BCUT2D eigenvalue weighted by Gasteiger charge is 2.53. The SMILES string of the molecule is CCC(C)(CC(C)(C)C)C(C)(O)OC1COC(C2COC3(CCCCC3)O2)C1O. The van der Waals surface area contributed by atoms with E-state index in [9.17, 15) is 10.2 Å². The number of hydrogen-bond acceptors (Lipinski definition) is 6. The standard InChI is InChI=1S/C23H42O6/c1-7-21(5,15-20(2,3)4)22(6,25)28-16-13-26-19(18(16)24)17-14-27-23(29-17)11-9-8-10-12-23/h16-19,24-25H,7-15H2,1-6H3. The molecule has 6 atom stereocenters. The molecule has 2 N–H and O–H groups in total. The third-order valence-electron chi connectivity index (χ3n) is 7.23. The maximum atomic E-state index is 11.3. The fraction of sp³-hybridized carbons (Fsp3) is 1.00. The Balaban J connectivity index is 1.63. The van der Waals surface area contributed by atoms with Crippen molar-refractivity contribution in [3.05, 3.63) is 0 Å². The molecule has 1 aliphatic carbocycles. The molecule has 3 aliphatic rings. The molecule has 0 aromatic rings. The van der Waals surface area contributed by atoms with Gasteiger partial charge in [0.2, 0.25) is 0 Å². The van der Waals surface area contributed by atoms with Crippen molar-refractivity contribution in [3.63, 3.8) is 0 Å². The lowest BCUT2D eigenvalue weighted by molar-refractivity contribution is -0.293. The van der Waals surface area contributed by atoms with Gasteiger partial charge in [-0.1, -0.05) is 41.0 Å². The van der Waals surface area contributed by atoms with Crippen molar-refractivity contribution >= 4 is 0 Å². The van der Waals surface area contributed by atoms with E-state index in [4.69, 9.17) is 18.9 Å². The predicted octanol–water partition coefficient (Wildman–Crippen LogP) is 3.77. The van der Waals surface area contributed by atoms with Crippen LogP contribution < -0.4 is 0 Å². The van der Waals surface area contributed by atoms with E-state index in [1.54, 1.807) is 6.92 Å². The molecular weight excluding hydrogens is 372 g/mol. The summed E-state index contributed by atoms with van der Waals surface area (Å²) in [6, 6.07) is 0. The van der Waals surface area contributed by atoms with Crippen molar-refractivity contribution in [3.8, 4) is 0 Å². The molecule has 6 unspecified atom stereocenters. The monoisotopic (exact) mass is 414 g/mol. The molecular formula is C23H42O6. The quantitative estimate of drug-likeness (QED) is 0.644. The van der Waals surface area contributed by atoms with Crippen molar-refractivity contribution in [1.29, 1.82) is 0 Å². The Bertz CT molecular complexity index is 550. The molecule has 6 nitrogen and oxygen atoms in total. The number of hydrogen-bond donors (Lipinski definition) is 2. The molecule has 0 radical (unpaired) electrons. The Hall–Kier alpha value is -0.240. The van der Waals surface area contributed by atoms with Gasteiger partial charge in [-0.05, 0) is 38.0 Å². The summed E-state index contributed by atoms with van der Waals surface area (Å²) < 4.78 is 24.3. The molecule has 6 heteroatoms. The highest BCUT2D eigenvalue weighted by molar-refractivity contribution is 4.97. The minimum absolute atomic E-state index is 0.0504. The Labute approximate surface area is 176 Å². The van der Waals surface area contributed by atoms with Crippen LogP contribution in [-0.2, 0) is 18.9 Å². The molecule has 0 amide bonds. The molecule has 170 valence electrons. The molecule has 3 rings (SSSR count). The summed E-state index contributed by atoms with van der Waals surface area (Å²) in [5.74, 6) is -1.87. The van der Waals surface area contributed by atoms with E-state index in [1.165, 1.54) is 6.42 Å². The number of aliphatic hydroxyl groups excluding tert-OH is 1. The van der Waals surface area contributed by atoms with E-state index < -0.39 is 35.3 Å². The van der Waals surface area contributed by atoms with Crippen molar-refractivity contribution in [2.75, 3.05) is 13.2 Å². The van der Waals surface area contributed by atoms with Crippen molar-refractivity contribution in [2.45, 2.75) is 122 Å². The molecule has 0 bridgehead atoms. The Morgan fingerprint density at radius 2 is 1.69 bits per heavy atom. The molecule has 0 aromatic carbocycles. The first-order valence-corrected chi connectivity index (χ1v) is 11.4. The second-order valence-electron chi connectivity index (χ2n) is 11.0. The van der Waals surface area contributed by atoms with Crippen LogP contribution >= 0.6 is 0 Å². The first-order valence-electron chi connectivity index (χ1n) is 11.4. The molecule has 0 aromatic heterocycles. The van der Waals surface area contributed by atoms with Crippen molar-refractivity contribution < 1.29 is 29.2 Å². The van der Waals surface area contributed by atoms with Gasteiger partial charge in [-0.2, -0.15) is 0 Å². The fourth-order valence-electron chi connectivity index (χ4n) is 5.36. The van der Waals surface area contributed by atoms with E-state index >= 15 is 0 Å². The predicted molar refractivity (Wildman–Crippen MR) is 110 cm³/mol. The van der Waals surface area contributed by atoms with Gasteiger partial charge in [0.15, 0.2) is 11.6 Å². The average molecular weight is 415 g/mol. The van der Waals surface area contributed by atoms with Crippen LogP contribution in [-0.4, -0.2) is 59.4 Å². The lowest BCUT2D eigenvalue weighted by Crippen LogP contribution is -2.52. The van der Waals surface area contributed by atoms with Crippen LogP contribution in [0.3, 0.4) is 0 Å². The zero-order valence-electron chi connectivity index (χ0n) is 19.2. The first-order chi connectivity index (χ1) is 13.4. The van der Waals surface area contributed by atoms with Crippen LogP contribution in [0.25, 0.3) is 0 Å². The normalized spacial score (nSPS) is 36.8. The molecule has 3 fully saturated rings. The second-order valence-corrected chi connectivity index (χ2v) is 11.0. The highest BCUT2D eigenvalue weighted by atomic mass is 16.8. The van der Waals surface area contributed by atoms with Crippen LogP contribution in [0.5, 0.6) is 0 Å². The van der Waals surface area contributed by atoms with Gasteiger partial charge in [0.25, 0.3) is 0 Å². The number of rotatable bonds is 6. The summed E-state index contributed by atoms with van der Waals surface area (Å²) >= 11 is 0. The van der Waals surface area contributed by atoms with Gasteiger partial charge in [-0.25, -0.2) is 0 Å². The summed E-state index contributed by atoms with van der Waals surface area (Å²) in [5.41, 5.74) is -0.392. The van der Waals surface area contributed by atoms with Crippen LogP contribution in [0.2, 0.25) is 0 Å². The fourth-order valence-corrected chi connectivity index (χ4v) is 5.36. The second kappa shape index (κ2) is 8.36. The van der Waals surface area contributed by atoms with E-state index in [0.29, 0.717) is 6.61 Å². The van der Waals surface area contributed by atoms with Gasteiger partial charge >= 0.3 is 0 Å². The average Bonchev–Trinajstić information content (AvgIpc) is 3.18. The van der Waals surface area contributed by atoms with Gasteiger partial charge in [-0.3, -0.25) is 0 Å². The lowest BCUT2D eigenvalue weighted by atomic mass is 9.68. The number of ether oxygens (including phenoxy) is 4. The largest absolute Gasteiger partial charge is 0.387 e. The highest BCUT2D eigenvalue weighted by Crippen LogP contribution is 2.46. The van der Waals surface area contributed by atoms with Gasteiger partial charge in [-0.15, -0.1) is 0 Å². The van der Waals surface area contributed by atoms with Crippen LogP contribution in [0.15, 0.2) is 0 Å². The minimum Gasteiger partial charge on any atom is -0.387 e. The maximum absolute atomic E-state index is 11.3. The molecule has 2 heterocycles. The maximum Gasteiger partial charge on any atom is 0.169 e. The third-order valence-corrected chi connectivity index (χ3v) is 7.23. The van der Waals surface area contributed by atoms with Gasteiger partial charge in [0.1, 0.15) is 24.4 Å². The molecule has 1 saturated carbocycles. The Morgan fingerprint density at radius 3 is 2.28 bits per heavy atom. The smallest absolute Gasteiger partial charge is 0.169 e. The zero-order valence-corrected chi connectivity index (χ0v) is 19.2. The molecule has 2 saturated heterocycles. The summed E-state index contributed by atoms with van der Waals surface area (Å²) in [6.45, 7) is 13.0. The zero-order chi connectivity index (χ0) is 21.5. The molecule has 1 spiro atoms. The van der Waals surface area contributed by atoms with E-state index in [0.717, 1.165) is 38.5 Å². The summed E-state index contributed by atoms with van der Waals surface area (Å²) in [4.78, 5) is 0. The summed E-state index contributed by atoms with van der Waals surface area (Å²) in [7, 11) is 0. The van der Waals surface area contributed by atoms with Gasteiger partial charge in [0, 0.05) is 18.3 Å². The van der Waals surface area contributed by atoms with Gasteiger partial charge < -0.3 is 29.2 Å². The third kappa shape index (κ3) is 4.99. The molecule has 29 heavy (non-hydrogen) atoms. The van der Waals surface area contributed by atoms with E-state index in [-0.39, 0.29) is 18.1 Å². The van der Waals surface area contributed by atoms with Crippen LogP contribution in [0.1, 0.15) is 86.5 Å². The first kappa shape index (κ1) is 23.4. The topological polar surface area (TPSA) is 77.4 Å². The van der Waals surface area contributed by atoms with E-state index in [1.807, 2.05) is 0 Å². The Kier molecular flexibility index (Phi) is 6.75.